The van der Waals surface area contributed by atoms with Gasteiger partial charge in [0.1, 0.15) is 0 Å². The first kappa shape index (κ1) is 10.0. The molecule has 4 nitrogen and oxygen atoms in total. The van der Waals surface area contributed by atoms with Gasteiger partial charge in [-0.3, -0.25) is 4.79 Å². The minimum absolute atomic E-state index is 0.168. The van der Waals surface area contributed by atoms with Gasteiger partial charge in [-0.25, -0.2) is 10.3 Å². The highest BCUT2D eigenvalue weighted by Crippen LogP contribution is 2.28. The lowest BCUT2D eigenvalue weighted by atomic mass is 9.93. The van der Waals surface area contributed by atoms with Gasteiger partial charge in [0.25, 0.3) is 5.91 Å². The molecule has 1 amide bonds. The molecular weight excluding hydrogens is 170 g/mol. The number of ether oxygens (including phenoxy) is 1. The maximum Gasteiger partial charge on any atom is 0.254 e. The Hall–Kier alpha value is -1.05. The summed E-state index contributed by atoms with van der Waals surface area (Å²) < 4.78 is 5.28. The Morgan fingerprint density at radius 2 is 2.46 bits per heavy atom. The average molecular weight is 183 g/mol. The van der Waals surface area contributed by atoms with Crippen LogP contribution in [-0.2, 0) is 14.4 Å². The van der Waals surface area contributed by atoms with E-state index in [1.54, 1.807) is 13.8 Å². The maximum atomic E-state index is 11.2. The van der Waals surface area contributed by atoms with E-state index < -0.39 is 11.7 Å². The highest BCUT2D eigenvalue weighted by Gasteiger charge is 2.45. The molecule has 0 radical (unpaired) electrons. The molecule has 0 aromatic rings. The van der Waals surface area contributed by atoms with E-state index >= 15 is 0 Å². The predicted molar refractivity (Wildman–Crippen MR) is 46.2 cm³/mol. The quantitative estimate of drug-likeness (QED) is 0.510. The van der Waals surface area contributed by atoms with Crippen LogP contribution in [0.3, 0.4) is 0 Å². The molecule has 1 fully saturated rings. The van der Waals surface area contributed by atoms with Crippen LogP contribution in [0.1, 0.15) is 20.3 Å². The third-order valence-electron chi connectivity index (χ3n) is 1.95. The Labute approximate surface area is 77.5 Å². The van der Waals surface area contributed by atoms with Gasteiger partial charge in [0.15, 0.2) is 6.29 Å². The van der Waals surface area contributed by atoms with Gasteiger partial charge < -0.3 is 4.74 Å². The molecule has 1 N–H and O–H groups in total. The molecule has 0 aliphatic carbocycles. The first-order valence-electron chi connectivity index (χ1n) is 4.10. The van der Waals surface area contributed by atoms with Crippen molar-refractivity contribution in [1.29, 1.82) is 0 Å². The van der Waals surface area contributed by atoms with Crippen LogP contribution in [0.5, 0.6) is 0 Å². The molecule has 1 aliphatic heterocycles. The van der Waals surface area contributed by atoms with Crippen molar-refractivity contribution in [1.82, 2.24) is 5.48 Å². The van der Waals surface area contributed by atoms with Gasteiger partial charge in [0.05, 0.1) is 12.0 Å². The molecular formula is C9H13NO3. The third-order valence-corrected chi connectivity index (χ3v) is 1.95. The molecule has 1 rings (SSSR count). The van der Waals surface area contributed by atoms with E-state index in [1.165, 1.54) is 0 Å². The highest BCUT2D eigenvalue weighted by atomic mass is 16.8. The topological polar surface area (TPSA) is 47.6 Å². The van der Waals surface area contributed by atoms with Crippen LogP contribution in [0.4, 0.5) is 0 Å². The van der Waals surface area contributed by atoms with Crippen molar-refractivity contribution >= 4 is 5.91 Å². The van der Waals surface area contributed by atoms with Crippen LogP contribution in [-0.4, -0.2) is 18.8 Å². The molecule has 0 saturated carbocycles. The van der Waals surface area contributed by atoms with Crippen LogP contribution >= 0.6 is 0 Å². The number of carbonyl (C=O) groups is 1. The fourth-order valence-electron chi connectivity index (χ4n) is 0.960. The SMILES string of the molecule is C#CCCOC1ONC(=O)C1(C)C. The molecule has 1 atom stereocenters. The monoisotopic (exact) mass is 183 g/mol. The first-order chi connectivity index (χ1) is 6.09. The number of hydrogen-bond acceptors (Lipinski definition) is 3. The van der Waals surface area contributed by atoms with Gasteiger partial charge in [-0.05, 0) is 13.8 Å². The number of carbonyl (C=O) groups excluding carboxylic acids is 1. The van der Waals surface area contributed by atoms with Gasteiger partial charge in [-0.2, -0.15) is 0 Å². The van der Waals surface area contributed by atoms with Crippen LogP contribution in [0.25, 0.3) is 0 Å². The summed E-state index contributed by atoms with van der Waals surface area (Å²) in [6.07, 6.45) is 5.02. The molecule has 1 aliphatic rings. The minimum atomic E-state index is -0.644. The maximum absolute atomic E-state index is 11.2. The van der Waals surface area contributed by atoms with Crippen LogP contribution in [0.15, 0.2) is 0 Å². The molecule has 1 saturated heterocycles. The van der Waals surface area contributed by atoms with E-state index in [9.17, 15) is 4.79 Å². The number of hydrogen-bond donors (Lipinski definition) is 1. The van der Waals surface area contributed by atoms with Crippen molar-refractivity contribution in [2.75, 3.05) is 6.61 Å². The van der Waals surface area contributed by atoms with Crippen molar-refractivity contribution in [2.45, 2.75) is 26.6 Å². The smallest absolute Gasteiger partial charge is 0.254 e. The van der Waals surface area contributed by atoms with E-state index in [4.69, 9.17) is 16.0 Å². The second-order valence-electron chi connectivity index (χ2n) is 3.43. The van der Waals surface area contributed by atoms with Crippen LogP contribution in [0.2, 0.25) is 0 Å². The van der Waals surface area contributed by atoms with Crippen LogP contribution in [0, 0.1) is 17.8 Å². The van der Waals surface area contributed by atoms with Crippen LogP contribution < -0.4 is 5.48 Å². The summed E-state index contributed by atoms with van der Waals surface area (Å²) in [5, 5.41) is 0. The Morgan fingerprint density at radius 3 is 2.92 bits per heavy atom. The zero-order chi connectivity index (χ0) is 9.90. The van der Waals surface area contributed by atoms with Crippen molar-refractivity contribution in [2.24, 2.45) is 5.41 Å². The van der Waals surface area contributed by atoms with Gasteiger partial charge >= 0.3 is 0 Å². The second kappa shape index (κ2) is 3.77. The summed E-state index contributed by atoms with van der Waals surface area (Å²) >= 11 is 0. The molecule has 0 spiro atoms. The average Bonchev–Trinajstić information content (AvgIpc) is 2.32. The second-order valence-corrected chi connectivity index (χ2v) is 3.43. The standard InChI is InChI=1S/C9H13NO3/c1-4-5-6-12-8-9(2,3)7(11)10-13-8/h1,8H,5-6H2,2-3H3,(H,10,11). The molecule has 0 aromatic carbocycles. The number of amides is 1. The molecule has 0 bridgehead atoms. The zero-order valence-corrected chi connectivity index (χ0v) is 7.79. The largest absolute Gasteiger partial charge is 0.348 e. The summed E-state index contributed by atoms with van der Waals surface area (Å²) in [5.41, 5.74) is 1.63. The number of rotatable bonds is 3. The summed E-state index contributed by atoms with van der Waals surface area (Å²) in [7, 11) is 0. The van der Waals surface area contributed by atoms with E-state index in [2.05, 4.69) is 11.4 Å². The predicted octanol–water partition coefficient (Wildman–Crippen LogP) is 0.440. The highest BCUT2D eigenvalue weighted by molar-refractivity contribution is 5.82. The van der Waals surface area contributed by atoms with Crippen molar-refractivity contribution in [3.63, 3.8) is 0 Å². The summed E-state index contributed by atoms with van der Waals surface area (Å²) in [6, 6.07) is 0. The Morgan fingerprint density at radius 1 is 1.77 bits per heavy atom. The fourth-order valence-corrected chi connectivity index (χ4v) is 0.960. The Kier molecular flexibility index (Phi) is 2.91. The normalized spacial score (nSPS) is 25.3. The lowest BCUT2D eigenvalue weighted by Crippen LogP contribution is -2.33. The minimum Gasteiger partial charge on any atom is -0.348 e. The van der Waals surface area contributed by atoms with E-state index in [1.807, 2.05) is 0 Å². The molecule has 4 heteroatoms. The molecule has 72 valence electrons. The lowest BCUT2D eigenvalue weighted by Gasteiger charge is -2.20. The molecule has 13 heavy (non-hydrogen) atoms. The molecule has 0 aromatic heterocycles. The summed E-state index contributed by atoms with van der Waals surface area (Å²) in [5.74, 6) is 2.28. The summed E-state index contributed by atoms with van der Waals surface area (Å²) in [6.45, 7) is 3.92. The van der Waals surface area contributed by atoms with Gasteiger partial charge in [-0.1, -0.05) is 0 Å². The van der Waals surface area contributed by atoms with E-state index in [0.717, 1.165) is 0 Å². The number of nitrogens with one attached hydrogen (secondary N) is 1. The lowest BCUT2D eigenvalue weighted by molar-refractivity contribution is -0.172. The van der Waals surface area contributed by atoms with E-state index in [0.29, 0.717) is 13.0 Å². The van der Waals surface area contributed by atoms with Crippen molar-refractivity contribution < 1.29 is 14.4 Å². The molecule has 1 heterocycles. The van der Waals surface area contributed by atoms with Gasteiger partial charge in [0, 0.05) is 6.42 Å². The number of terminal acetylenes is 1. The number of hydroxylamine groups is 1. The van der Waals surface area contributed by atoms with Gasteiger partial charge in [-0.15, -0.1) is 12.3 Å². The van der Waals surface area contributed by atoms with Gasteiger partial charge in [0.2, 0.25) is 0 Å². The Balaban J connectivity index is 2.44. The van der Waals surface area contributed by atoms with Crippen molar-refractivity contribution in [3.05, 3.63) is 0 Å². The third kappa shape index (κ3) is 2.00. The Bertz CT molecular complexity index is 242. The van der Waals surface area contributed by atoms with E-state index in [-0.39, 0.29) is 5.91 Å². The van der Waals surface area contributed by atoms with Crippen molar-refractivity contribution in [3.8, 4) is 12.3 Å². The molecule has 1 unspecified atom stereocenters. The first-order valence-corrected chi connectivity index (χ1v) is 4.10. The summed E-state index contributed by atoms with van der Waals surface area (Å²) in [4.78, 5) is 16.1. The zero-order valence-electron chi connectivity index (χ0n) is 7.79. The fraction of sp³-hybridized carbons (Fsp3) is 0.667.